The molecule has 7 nitrogen and oxygen atoms in total. The second-order valence-corrected chi connectivity index (χ2v) is 15.3. The van der Waals surface area contributed by atoms with Crippen LogP contribution < -0.4 is 0 Å². The Morgan fingerprint density at radius 2 is 1.66 bits per heavy atom. The summed E-state index contributed by atoms with van der Waals surface area (Å²) in [5.41, 5.74) is -2.46. The first-order valence-electron chi connectivity index (χ1n) is 14.1. The molecule has 0 bridgehead atoms. The number of carbonyl (C=O) groups is 1. The van der Waals surface area contributed by atoms with Gasteiger partial charge in [-0.3, -0.25) is 4.79 Å². The Kier molecular flexibility index (Phi) is 8.77. The van der Waals surface area contributed by atoms with Crippen LogP contribution in [0, 0.1) is 31.1 Å². The zero-order valence-electron chi connectivity index (χ0n) is 24.2. The van der Waals surface area contributed by atoms with Crippen molar-refractivity contribution in [2.75, 3.05) is 13.1 Å². The van der Waals surface area contributed by atoms with E-state index in [-0.39, 0.29) is 42.0 Å². The molecule has 0 radical (unpaired) electrons. The summed E-state index contributed by atoms with van der Waals surface area (Å²) < 4.78 is 68.1. The van der Waals surface area contributed by atoms with E-state index in [1.54, 1.807) is 0 Å². The lowest BCUT2D eigenvalue weighted by Gasteiger charge is -2.38. The molecule has 2 saturated carbocycles. The number of aryl methyl sites for hydroxylation is 2. The van der Waals surface area contributed by atoms with E-state index in [0.29, 0.717) is 16.0 Å². The standard InChI is InChI=1S/C29H39F3N4O3S.ClH/c1-17-6-7-20(18(2)10-17)13-25(37)23-15-35(40(38,39)29(30,31)32)16-24(23)27-34-33-26(36(27)22-8-9-22)21-11-19(12-21)14-28(3,4)5;/h6-7,10,19,21-24H,8-9,11-16H2,1-5H3;1H/t19?,21?,23-,24-;/m0./s1. The maximum atomic E-state index is 13.7. The number of hydrogen-bond donors (Lipinski definition) is 0. The van der Waals surface area contributed by atoms with Crippen molar-refractivity contribution in [3.8, 4) is 0 Å². The minimum atomic E-state index is -5.59. The number of ketones is 1. The highest BCUT2D eigenvalue weighted by molar-refractivity contribution is 7.90. The maximum absolute atomic E-state index is 13.7. The molecule has 2 heterocycles. The number of sulfonamides is 1. The molecule has 1 aromatic carbocycles. The van der Waals surface area contributed by atoms with Crippen LogP contribution in [0.4, 0.5) is 13.2 Å². The summed E-state index contributed by atoms with van der Waals surface area (Å²) in [5, 5.41) is 8.99. The number of rotatable bonds is 8. The number of benzene rings is 1. The van der Waals surface area contributed by atoms with Gasteiger partial charge in [0.05, 0.1) is 0 Å². The molecule has 2 aliphatic carbocycles. The predicted molar refractivity (Wildman–Crippen MR) is 152 cm³/mol. The smallest absolute Gasteiger partial charge is 0.311 e. The van der Waals surface area contributed by atoms with Crippen LogP contribution in [0.25, 0.3) is 0 Å². The van der Waals surface area contributed by atoms with Crippen LogP contribution in [0.5, 0.6) is 0 Å². The Morgan fingerprint density at radius 3 is 2.22 bits per heavy atom. The molecule has 1 aromatic heterocycles. The van der Waals surface area contributed by atoms with Gasteiger partial charge in [-0.1, -0.05) is 44.5 Å². The second-order valence-electron chi connectivity index (χ2n) is 13.4. The molecule has 2 aromatic rings. The van der Waals surface area contributed by atoms with Gasteiger partial charge in [0.1, 0.15) is 17.4 Å². The van der Waals surface area contributed by atoms with E-state index < -0.39 is 40.5 Å². The third-order valence-electron chi connectivity index (χ3n) is 8.69. The highest BCUT2D eigenvalue weighted by Gasteiger charge is 2.55. The number of hydrogen-bond acceptors (Lipinski definition) is 5. The van der Waals surface area contributed by atoms with Crippen molar-refractivity contribution >= 4 is 28.2 Å². The molecule has 0 N–H and O–H groups in total. The van der Waals surface area contributed by atoms with Crippen LogP contribution in [0.3, 0.4) is 0 Å². The van der Waals surface area contributed by atoms with Gasteiger partial charge in [-0.15, -0.1) is 22.6 Å². The molecule has 1 aliphatic heterocycles. The first kappa shape index (κ1) is 31.9. The van der Waals surface area contributed by atoms with Crippen molar-refractivity contribution in [2.24, 2.45) is 17.3 Å². The Labute approximate surface area is 246 Å². The minimum Gasteiger partial charge on any atom is -0.311 e. The summed E-state index contributed by atoms with van der Waals surface area (Å²) in [7, 11) is -5.59. The van der Waals surface area contributed by atoms with Gasteiger partial charge in [0.2, 0.25) is 0 Å². The Bertz CT molecular complexity index is 1390. The quantitative estimate of drug-likeness (QED) is 0.350. The van der Waals surface area contributed by atoms with E-state index in [1.807, 2.05) is 36.6 Å². The zero-order valence-corrected chi connectivity index (χ0v) is 25.9. The first-order chi connectivity index (χ1) is 18.5. The summed E-state index contributed by atoms with van der Waals surface area (Å²) in [6, 6.07) is 5.84. The molecule has 3 aliphatic rings. The van der Waals surface area contributed by atoms with Crippen molar-refractivity contribution in [3.05, 3.63) is 46.5 Å². The SMILES string of the molecule is Cc1ccc(CC(=O)[C@H]2CN(S(=O)(=O)C(F)(F)F)C[C@@H]2c2nnc(C3CC(CC(C)(C)C)C3)n2C2CC2)c(C)c1.Cl. The van der Waals surface area contributed by atoms with Gasteiger partial charge in [-0.05, 0) is 68.4 Å². The first-order valence-corrected chi connectivity index (χ1v) is 15.6. The number of alkyl halides is 3. The van der Waals surface area contributed by atoms with E-state index in [9.17, 15) is 26.4 Å². The van der Waals surface area contributed by atoms with Crippen LogP contribution in [0.2, 0.25) is 0 Å². The normalized spacial score (nSPS) is 25.6. The summed E-state index contributed by atoms with van der Waals surface area (Å²) in [6.07, 6.45) is 4.92. The van der Waals surface area contributed by atoms with E-state index in [4.69, 9.17) is 0 Å². The van der Waals surface area contributed by atoms with Crippen LogP contribution in [-0.2, 0) is 21.2 Å². The van der Waals surface area contributed by atoms with Crippen molar-refractivity contribution < 1.29 is 26.4 Å². The van der Waals surface area contributed by atoms with Gasteiger partial charge in [-0.25, -0.2) is 8.42 Å². The lowest BCUT2D eigenvalue weighted by atomic mass is 9.68. The van der Waals surface area contributed by atoms with Gasteiger partial charge in [0, 0.05) is 43.3 Å². The lowest BCUT2D eigenvalue weighted by Crippen LogP contribution is -2.39. The molecular formula is C29H40ClF3N4O3S. The molecular weight excluding hydrogens is 577 g/mol. The number of halogens is 4. The van der Waals surface area contributed by atoms with Crippen LogP contribution >= 0.6 is 12.4 Å². The summed E-state index contributed by atoms with van der Waals surface area (Å²) in [4.78, 5) is 13.7. The van der Waals surface area contributed by atoms with Crippen LogP contribution in [0.1, 0.15) is 99.1 Å². The van der Waals surface area contributed by atoms with Crippen molar-refractivity contribution in [1.82, 2.24) is 19.1 Å². The molecule has 5 rings (SSSR count). The molecule has 2 atom stereocenters. The fourth-order valence-electron chi connectivity index (χ4n) is 6.59. The maximum Gasteiger partial charge on any atom is 0.511 e. The average Bonchev–Trinajstić information content (AvgIpc) is 3.38. The average molecular weight is 617 g/mol. The highest BCUT2D eigenvalue weighted by atomic mass is 35.5. The number of aromatic nitrogens is 3. The van der Waals surface area contributed by atoms with Crippen molar-refractivity contribution in [1.29, 1.82) is 0 Å². The fraction of sp³-hybridized carbons (Fsp3) is 0.690. The molecule has 228 valence electrons. The number of nitrogens with zero attached hydrogens (tertiary/aromatic N) is 4. The van der Waals surface area contributed by atoms with Gasteiger partial charge < -0.3 is 4.57 Å². The van der Waals surface area contributed by atoms with Gasteiger partial charge >= 0.3 is 15.5 Å². The topological polar surface area (TPSA) is 85.2 Å². The lowest BCUT2D eigenvalue weighted by molar-refractivity contribution is -0.122. The third kappa shape index (κ3) is 6.51. The molecule has 0 amide bonds. The van der Waals surface area contributed by atoms with Crippen molar-refractivity contribution in [2.45, 2.75) is 96.5 Å². The fourth-order valence-corrected chi connectivity index (χ4v) is 7.60. The Hall–Kier alpha value is -1.98. The number of carbonyl (C=O) groups excluding carboxylic acids is 1. The molecule has 0 unspecified atom stereocenters. The van der Waals surface area contributed by atoms with E-state index in [1.165, 1.54) is 0 Å². The summed E-state index contributed by atoms with van der Waals surface area (Å²) in [6.45, 7) is 9.56. The van der Waals surface area contributed by atoms with Crippen molar-refractivity contribution in [3.63, 3.8) is 0 Å². The van der Waals surface area contributed by atoms with Gasteiger partial charge in [0.25, 0.3) is 0 Å². The molecule has 0 spiro atoms. The summed E-state index contributed by atoms with van der Waals surface area (Å²) >= 11 is 0. The predicted octanol–water partition coefficient (Wildman–Crippen LogP) is 6.26. The van der Waals surface area contributed by atoms with Gasteiger partial charge in [-0.2, -0.15) is 17.5 Å². The van der Waals surface area contributed by atoms with Crippen LogP contribution in [0.15, 0.2) is 18.2 Å². The largest absolute Gasteiger partial charge is 0.511 e. The number of Topliss-reactive ketones (excluding diaryl/α,β-unsaturated/α-hetero) is 1. The Morgan fingerprint density at radius 1 is 1.02 bits per heavy atom. The highest BCUT2D eigenvalue weighted by Crippen LogP contribution is 2.50. The Balaban J connectivity index is 0.00000387. The van der Waals surface area contributed by atoms with E-state index in [0.717, 1.165) is 54.6 Å². The molecule has 12 heteroatoms. The third-order valence-corrected chi connectivity index (χ3v) is 10.3. The minimum absolute atomic E-state index is 0. The molecule has 1 saturated heterocycles. The van der Waals surface area contributed by atoms with E-state index in [2.05, 4.69) is 31.0 Å². The zero-order chi connectivity index (χ0) is 29.2. The second kappa shape index (κ2) is 11.3. The van der Waals surface area contributed by atoms with Gasteiger partial charge in [0.15, 0.2) is 0 Å². The van der Waals surface area contributed by atoms with Crippen LogP contribution in [-0.4, -0.2) is 51.9 Å². The molecule has 3 fully saturated rings. The summed E-state index contributed by atoms with van der Waals surface area (Å²) in [5.74, 6) is 0.0810. The molecule has 41 heavy (non-hydrogen) atoms. The van der Waals surface area contributed by atoms with E-state index >= 15 is 0 Å². The monoisotopic (exact) mass is 616 g/mol.